The second-order valence-corrected chi connectivity index (χ2v) is 3.53. The maximum absolute atomic E-state index is 11.3. The molecule has 1 aromatic carbocycles. The van der Waals surface area contributed by atoms with Gasteiger partial charge in [-0.15, -0.1) is 0 Å². The van der Waals surface area contributed by atoms with Gasteiger partial charge in [0, 0.05) is 0 Å². The summed E-state index contributed by atoms with van der Waals surface area (Å²) in [6.45, 7) is 1.70. The summed E-state index contributed by atoms with van der Waals surface area (Å²) in [5, 5.41) is 8.86. The minimum atomic E-state index is -0.998. The Balaban J connectivity index is 3.18. The molecule has 5 heteroatoms. The van der Waals surface area contributed by atoms with Gasteiger partial charge in [0.25, 0.3) is 0 Å². The Labute approximate surface area is 98.8 Å². The number of ether oxygens (including phenoxy) is 1. The Morgan fingerprint density at radius 3 is 2.53 bits per heavy atom. The molecule has 5 nitrogen and oxygen atoms in total. The number of methoxy groups -OCH3 is 1. The fourth-order valence-electron chi connectivity index (χ4n) is 1.53. The smallest absolute Gasteiger partial charge is 0.337 e. The Hall–Kier alpha value is -2.35. The second-order valence-electron chi connectivity index (χ2n) is 3.53. The Bertz CT molecular complexity index is 503. The minimum Gasteiger partial charge on any atom is -0.465 e. The molecule has 0 spiro atoms. The average molecular weight is 232 g/mol. The van der Waals surface area contributed by atoms with E-state index >= 15 is 0 Å². The first-order valence-corrected chi connectivity index (χ1v) is 4.89. The van der Waals surface area contributed by atoms with Gasteiger partial charge in [-0.05, 0) is 30.2 Å². The highest BCUT2D eigenvalue weighted by Gasteiger charge is 2.20. The molecule has 0 aromatic heterocycles. The van der Waals surface area contributed by atoms with Gasteiger partial charge in [0.2, 0.25) is 5.91 Å². The largest absolute Gasteiger partial charge is 0.465 e. The van der Waals surface area contributed by atoms with Gasteiger partial charge in [-0.3, -0.25) is 4.79 Å². The van der Waals surface area contributed by atoms with Gasteiger partial charge in [0.05, 0.1) is 18.7 Å². The molecule has 1 amide bonds. The third-order valence-electron chi connectivity index (χ3n) is 2.42. The minimum absolute atomic E-state index is 0.370. The summed E-state index contributed by atoms with van der Waals surface area (Å²) in [4.78, 5) is 22.3. The summed E-state index contributed by atoms with van der Waals surface area (Å²) in [7, 11) is 1.28. The van der Waals surface area contributed by atoms with Crippen molar-refractivity contribution < 1.29 is 14.3 Å². The molecule has 0 bridgehead atoms. The van der Waals surface area contributed by atoms with Crippen molar-refractivity contribution in [3.8, 4) is 6.07 Å². The molecule has 0 radical (unpaired) electrons. The molecule has 0 saturated heterocycles. The third-order valence-corrected chi connectivity index (χ3v) is 2.42. The van der Waals surface area contributed by atoms with Crippen molar-refractivity contribution in [2.75, 3.05) is 7.11 Å². The van der Waals surface area contributed by atoms with E-state index in [1.54, 1.807) is 19.1 Å². The molecule has 2 N–H and O–H groups in total. The van der Waals surface area contributed by atoms with E-state index in [4.69, 9.17) is 11.0 Å². The number of aryl methyl sites for hydroxylation is 1. The number of rotatable bonds is 3. The van der Waals surface area contributed by atoms with Gasteiger partial charge < -0.3 is 10.5 Å². The molecular formula is C12H12N2O3. The normalized spacial score (nSPS) is 11.4. The predicted molar refractivity (Wildman–Crippen MR) is 60.1 cm³/mol. The van der Waals surface area contributed by atoms with E-state index in [0.717, 1.165) is 0 Å². The van der Waals surface area contributed by atoms with Gasteiger partial charge >= 0.3 is 5.97 Å². The number of hydrogen-bond donors (Lipinski definition) is 1. The highest BCUT2D eigenvalue weighted by Crippen LogP contribution is 2.20. The van der Waals surface area contributed by atoms with Crippen LogP contribution in [0.1, 0.15) is 27.4 Å². The molecule has 17 heavy (non-hydrogen) atoms. The SMILES string of the molecule is COC(=O)c1ccc(C(C#N)C(N)=O)c(C)c1. The number of nitrogens with two attached hydrogens (primary N) is 1. The standard InChI is InChI=1S/C12H12N2O3/c1-7-5-8(12(16)17-2)3-4-9(7)10(6-13)11(14)15/h3-5,10H,1-2H3,(H2,14,15). The fraction of sp³-hybridized carbons (Fsp3) is 0.250. The summed E-state index contributed by atoms with van der Waals surface area (Å²) in [6.07, 6.45) is 0. The van der Waals surface area contributed by atoms with Gasteiger partial charge in [-0.25, -0.2) is 4.79 Å². The van der Waals surface area contributed by atoms with E-state index in [1.807, 2.05) is 6.07 Å². The predicted octanol–water partition coefficient (Wildman–Crippen LogP) is 0.874. The number of amides is 1. The highest BCUT2D eigenvalue weighted by molar-refractivity contribution is 5.90. The van der Waals surface area contributed by atoms with Crippen LogP contribution in [-0.4, -0.2) is 19.0 Å². The van der Waals surface area contributed by atoms with Gasteiger partial charge in [0.1, 0.15) is 5.92 Å². The molecule has 0 saturated carbocycles. The monoisotopic (exact) mass is 232 g/mol. The Morgan fingerprint density at radius 1 is 1.47 bits per heavy atom. The number of carbonyl (C=O) groups is 2. The number of benzene rings is 1. The van der Waals surface area contributed by atoms with Crippen LogP contribution < -0.4 is 5.73 Å². The lowest BCUT2D eigenvalue weighted by Gasteiger charge is -2.10. The Kier molecular flexibility index (Phi) is 3.83. The quantitative estimate of drug-likeness (QED) is 0.782. The van der Waals surface area contributed by atoms with E-state index in [0.29, 0.717) is 16.7 Å². The lowest BCUT2D eigenvalue weighted by Crippen LogP contribution is -2.21. The van der Waals surface area contributed by atoms with Crippen molar-refractivity contribution >= 4 is 11.9 Å². The number of esters is 1. The third kappa shape index (κ3) is 2.61. The second kappa shape index (κ2) is 5.12. The van der Waals surface area contributed by atoms with E-state index in [2.05, 4.69) is 4.74 Å². The van der Waals surface area contributed by atoms with Gasteiger partial charge in [0.15, 0.2) is 0 Å². The summed E-state index contributed by atoms with van der Waals surface area (Å²) in [5.41, 5.74) is 6.65. The molecule has 1 rings (SSSR count). The molecule has 0 aliphatic carbocycles. The molecule has 88 valence electrons. The van der Waals surface area contributed by atoms with Gasteiger partial charge in [-0.1, -0.05) is 6.07 Å². The molecular weight excluding hydrogens is 220 g/mol. The zero-order valence-corrected chi connectivity index (χ0v) is 9.56. The first kappa shape index (κ1) is 12.7. The lowest BCUT2D eigenvalue weighted by molar-refractivity contribution is -0.118. The van der Waals surface area contributed by atoms with Crippen molar-refractivity contribution in [1.29, 1.82) is 5.26 Å². The summed E-state index contributed by atoms with van der Waals surface area (Å²) in [6, 6.07) is 6.44. The zero-order valence-electron chi connectivity index (χ0n) is 9.56. The number of carbonyl (C=O) groups excluding carboxylic acids is 2. The number of nitriles is 1. The number of nitrogens with zero attached hydrogens (tertiary/aromatic N) is 1. The van der Waals surface area contributed by atoms with Crippen LogP contribution in [0.25, 0.3) is 0 Å². The number of primary amides is 1. The van der Waals surface area contributed by atoms with Crippen molar-refractivity contribution in [2.45, 2.75) is 12.8 Å². The van der Waals surface area contributed by atoms with Crippen LogP contribution in [0.3, 0.4) is 0 Å². The lowest BCUT2D eigenvalue weighted by atomic mass is 9.94. The first-order valence-electron chi connectivity index (χ1n) is 4.89. The van der Waals surface area contributed by atoms with E-state index in [1.165, 1.54) is 13.2 Å². The Morgan fingerprint density at radius 2 is 2.12 bits per heavy atom. The maximum Gasteiger partial charge on any atom is 0.337 e. The van der Waals surface area contributed by atoms with E-state index in [9.17, 15) is 9.59 Å². The van der Waals surface area contributed by atoms with E-state index < -0.39 is 17.8 Å². The average Bonchev–Trinajstić information content (AvgIpc) is 2.30. The van der Waals surface area contributed by atoms with Crippen LogP contribution in [0, 0.1) is 18.3 Å². The van der Waals surface area contributed by atoms with Crippen LogP contribution in [0.2, 0.25) is 0 Å². The van der Waals surface area contributed by atoms with Crippen molar-refractivity contribution in [3.05, 3.63) is 34.9 Å². The molecule has 0 aliphatic heterocycles. The molecule has 1 unspecified atom stereocenters. The molecule has 1 atom stereocenters. The van der Waals surface area contributed by atoms with Crippen molar-refractivity contribution in [2.24, 2.45) is 5.73 Å². The van der Waals surface area contributed by atoms with Crippen LogP contribution in [0.4, 0.5) is 0 Å². The molecule has 0 fully saturated rings. The highest BCUT2D eigenvalue weighted by atomic mass is 16.5. The summed E-state index contributed by atoms with van der Waals surface area (Å²) >= 11 is 0. The molecule has 0 aliphatic rings. The molecule has 0 heterocycles. The van der Waals surface area contributed by atoms with E-state index in [-0.39, 0.29) is 0 Å². The van der Waals surface area contributed by atoms with Crippen molar-refractivity contribution in [3.63, 3.8) is 0 Å². The molecule has 1 aromatic rings. The maximum atomic E-state index is 11.3. The first-order chi connectivity index (χ1) is 8.01. The van der Waals surface area contributed by atoms with Crippen LogP contribution in [0.5, 0.6) is 0 Å². The summed E-state index contributed by atoms with van der Waals surface area (Å²) < 4.78 is 4.57. The summed E-state index contributed by atoms with van der Waals surface area (Å²) in [5.74, 6) is -2.17. The van der Waals surface area contributed by atoms with Gasteiger partial charge in [-0.2, -0.15) is 5.26 Å². The zero-order chi connectivity index (χ0) is 13.0. The van der Waals surface area contributed by atoms with Crippen LogP contribution in [0.15, 0.2) is 18.2 Å². The van der Waals surface area contributed by atoms with Crippen molar-refractivity contribution in [1.82, 2.24) is 0 Å². The van der Waals surface area contributed by atoms with Crippen LogP contribution in [-0.2, 0) is 9.53 Å². The number of hydrogen-bond acceptors (Lipinski definition) is 4. The topological polar surface area (TPSA) is 93.2 Å². The fourth-order valence-corrected chi connectivity index (χ4v) is 1.53. The van der Waals surface area contributed by atoms with Crippen LogP contribution >= 0.6 is 0 Å².